The van der Waals surface area contributed by atoms with Crippen molar-refractivity contribution in [2.45, 2.75) is 50.7 Å². The molecule has 0 aromatic heterocycles. The van der Waals surface area contributed by atoms with Crippen LogP contribution in [-0.4, -0.2) is 18.3 Å². The van der Waals surface area contributed by atoms with Gasteiger partial charge in [0.05, 0.1) is 0 Å². The van der Waals surface area contributed by atoms with Crippen molar-refractivity contribution < 1.29 is 4.39 Å². The highest BCUT2D eigenvalue weighted by Gasteiger charge is 2.28. The number of rotatable bonds is 4. The summed E-state index contributed by atoms with van der Waals surface area (Å²) in [5, 5.41) is 3.42. The van der Waals surface area contributed by atoms with Crippen LogP contribution in [0.25, 0.3) is 0 Å². The lowest BCUT2D eigenvalue weighted by Crippen LogP contribution is -2.40. The van der Waals surface area contributed by atoms with Crippen LogP contribution in [0, 0.1) is 0 Å². The molecule has 0 saturated carbocycles. The van der Waals surface area contributed by atoms with Gasteiger partial charge < -0.3 is 5.32 Å². The highest BCUT2D eigenvalue weighted by Crippen LogP contribution is 2.26. The number of benzene rings is 1. The van der Waals surface area contributed by atoms with Crippen molar-refractivity contribution in [2.75, 3.05) is 6.54 Å². The van der Waals surface area contributed by atoms with E-state index in [0.717, 1.165) is 18.5 Å². The molecule has 1 N–H and O–H groups in total. The minimum Gasteiger partial charge on any atom is -0.314 e. The number of piperidine rings is 1. The van der Waals surface area contributed by atoms with Crippen LogP contribution in [0.1, 0.15) is 38.2 Å². The molecule has 94 valence electrons. The van der Waals surface area contributed by atoms with Crippen molar-refractivity contribution in [1.82, 2.24) is 5.32 Å². The van der Waals surface area contributed by atoms with Crippen LogP contribution in [0.3, 0.4) is 0 Å². The zero-order chi connectivity index (χ0) is 12.1. The Kier molecular flexibility index (Phi) is 4.16. The lowest BCUT2D eigenvalue weighted by Gasteiger charge is -2.30. The summed E-state index contributed by atoms with van der Waals surface area (Å²) in [5.41, 5.74) is -0.00981. The Hall–Kier alpha value is -0.890. The first-order chi connectivity index (χ1) is 8.16. The molecule has 0 spiro atoms. The smallest absolute Gasteiger partial charge is 0.113 e. The molecule has 2 rings (SSSR count). The first-order valence-electron chi connectivity index (χ1n) is 6.62. The molecule has 1 nitrogen and oxygen atoms in total. The van der Waals surface area contributed by atoms with Crippen molar-refractivity contribution in [3.05, 3.63) is 35.9 Å². The molecular weight excluding hydrogens is 213 g/mol. The van der Waals surface area contributed by atoms with Crippen molar-refractivity contribution in [1.29, 1.82) is 0 Å². The second-order valence-electron chi connectivity index (χ2n) is 5.43. The third kappa shape index (κ3) is 4.12. The molecule has 1 fully saturated rings. The average Bonchev–Trinajstić information content (AvgIpc) is 2.30. The molecule has 2 unspecified atom stereocenters. The topological polar surface area (TPSA) is 12.0 Å². The summed E-state index contributed by atoms with van der Waals surface area (Å²) in [7, 11) is 0. The average molecular weight is 235 g/mol. The van der Waals surface area contributed by atoms with Crippen molar-refractivity contribution in [2.24, 2.45) is 0 Å². The van der Waals surface area contributed by atoms with E-state index in [9.17, 15) is 4.39 Å². The number of hydrogen-bond acceptors (Lipinski definition) is 1. The lowest BCUT2D eigenvalue weighted by molar-refractivity contribution is 0.146. The molecule has 1 saturated heterocycles. The number of alkyl halides is 1. The number of nitrogens with one attached hydrogen (secondary N) is 1. The molecule has 17 heavy (non-hydrogen) atoms. The third-order valence-electron chi connectivity index (χ3n) is 3.50. The summed E-state index contributed by atoms with van der Waals surface area (Å²) in [6, 6.07) is 10.3. The maximum absolute atomic E-state index is 14.5. The molecule has 1 aromatic rings. The van der Waals surface area contributed by atoms with Gasteiger partial charge in [0, 0.05) is 12.5 Å². The molecule has 1 heterocycles. The van der Waals surface area contributed by atoms with Gasteiger partial charge in [-0.15, -0.1) is 0 Å². The van der Waals surface area contributed by atoms with Gasteiger partial charge in [-0.25, -0.2) is 4.39 Å². The zero-order valence-corrected chi connectivity index (χ0v) is 10.6. The fraction of sp³-hybridized carbons (Fsp3) is 0.600. The molecule has 0 radical (unpaired) electrons. The largest absolute Gasteiger partial charge is 0.314 e. The number of halogens is 1. The molecular formula is C15H22FN. The maximum atomic E-state index is 14.5. The lowest BCUT2D eigenvalue weighted by atomic mass is 9.88. The van der Waals surface area contributed by atoms with Crippen LogP contribution in [0.15, 0.2) is 30.3 Å². The summed E-state index contributed by atoms with van der Waals surface area (Å²) in [5.74, 6) is 0. The molecule has 0 amide bonds. The monoisotopic (exact) mass is 235 g/mol. The quantitative estimate of drug-likeness (QED) is 0.842. The van der Waals surface area contributed by atoms with Gasteiger partial charge >= 0.3 is 0 Å². The minimum atomic E-state index is -1.10. The van der Waals surface area contributed by atoms with Gasteiger partial charge in [0.2, 0.25) is 0 Å². The van der Waals surface area contributed by atoms with Gasteiger partial charge in [0.25, 0.3) is 0 Å². The van der Waals surface area contributed by atoms with Gasteiger partial charge in [0.15, 0.2) is 0 Å². The Balaban J connectivity index is 1.89. The van der Waals surface area contributed by atoms with E-state index in [4.69, 9.17) is 0 Å². The van der Waals surface area contributed by atoms with Crippen molar-refractivity contribution in [3.63, 3.8) is 0 Å². The van der Waals surface area contributed by atoms with Crippen LogP contribution < -0.4 is 5.32 Å². The summed E-state index contributed by atoms with van der Waals surface area (Å²) in [4.78, 5) is 0. The van der Waals surface area contributed by atoms with Crippen LogP contribution in [-0.2, 0) is 6.42 Å². The summed E-state index contributed by atoms with van der Waals surface area (Å²) in [6.07, 6.45) is 4.74. The first-order valence-corrected chi connectivity index (χ1v) is 6.62. The van der Waals surface area contributed by atoms with E-state index in [-0.39, 0.29) is 0 Å². The molecule has 2 atom stereocenters. The Bertz CT molecular complexity index is 328. The fourth-order valence-corrected chi connectivity index (χ4v) is 2.71. The minimum absolute atomic E-state index is 0.363. The van der Waals surface area contributed by atoms with Crippen LogP contribution in [0.5, 0.6) is 0 Å². The molecule has 2 heteroatoms. The highest BCUT2D eigenvalue weighted by atomic mass is 19.1. The first kappa shape index (κ1) is 12.6. The second kappa shape index (κ2) is 5.63. The number of hydrogen-bond donors (Lipinski definition) is 1. The molecule has 1 aromatic carbocycles. The van der Waals surface area contributed by atoms with Gasteiger partial charge in [-0.3, -0.25) is 0 Å². The Labute approximate surface area is 103 Å². The zero-order valence-electron chi connectivity index (χ0n) is 10.6. The Morgan fingerprint density at radius 1 is 1.29 bits per heavy atom. The SMILES string of the molecule is CC(F)(Cc1ccccc1)CC1CCCCN1. The van der Waals surface area contributed by atoms with Gasteiger partial charge in [0.1, 0.15) is 5.67 Å². The normalized spacial score (nSPS) is 24.2. The Morgan fingerprint density at radius 3 is 2.71 bits per heavy atom. The predicted molar refractivity (Wildman–Crippen MR) is 69.9 cm³/mol. The molecule has 0 bridgehead atoms. The second-order valence-corrected chi connectivity index (χ2v) is 5.43. The van der Waals surface area contributed by atoms with Crippen molar-refractivity contribution in [3.8, 4) is 0 Å². The maximum Gasteiger partial charge on any atom is 0.113 e. The molecule has 1 aliphatic rings. The third-order valence-corrected chi connectivity index (χ3v) is 3.50. The standard InChI is InChI=1S/C15H22FN/c1-15(16,11-13-7-3-2-4-8-13)12-14-9-5-6-10-17-14/h2-4,7-8,14,17H,5-6,9-12H2,1H3. The Morgan fingerprint density at radius 2 is 2.06 bits per heavy atom. The molecule has 0 aliphatic carbocycles. The van der Waals surface area contributed by atoms with E-state index in [1.165, 1.54) is 12.8 Å². The van der Waals surface area contributed by atoms with Gasteiger partial charge in [-0.2, -0.15) is 0 Å². The summed E-state index contributed by atoms with van der Waals surface area (Å²) in [6.45, 7) is 2.78. The van der Waals surface area contributed by atoms with E-state index in [0.29, 0.717) is 18.9 Å². The van der Waals surface area contributed by atoms with E-state index in [1.807, 2.05) is 30.3 Å². The van der Waals surface area contributed by atoms with Crippen molar-refractivity contribution >= 4 is 0 Å². The van der Waals surface area contributed by atoms with E-state index in [2.05, 4.69) is 5.32 Å². The van der Waals surface area contributed by atoms with E-state index in [1.54, 1.807) is 6.92 Å². The van der Waals surface area contributed by atoms with Gasteiger partial charge in [-0.05, 0) is 38.3 Å². The summed E-state index contributed by atoms with van der Waals surface area (Å²) < 4.78 is 14.5. The van der Waals surface area contributed by atoms with Crippen LogP contribution in [0.4, 0.5) is 4.39 Å². The van der Waals surface area contributed by atoms with Crippen LogP contribution in [0.2, 0.25) is 0 Å². The van der Waals surface area contributed by atoms with Gasteiger partial charge in [-0.1, -0.05) is 36.8 Å². The fourth-order valence-electron chi connectivity index (χ4n) is 2.71. The summed E-state index contributed by atoms with van der Waals surface area (Å²) >= 11 is 0. The predicted octanol–water partition coefficient (Wildman–Crippen LogP) is 3.49. The highest BCUT2D eigenvalue weighted by molar-refractivity contribution is 5.17. The van der Waals surface area contributed by atoms with E-state index >= 15 is 0 Å². The molecule has 1 aliphatic heterocycles. The van der Waals surface area contributed by atoms with E-state index < -0.39 is 5.67 Å². The van der Waals surface area contributed by atoms with Crippen LogP contribution >= 0.6 is 0 Å².